The van der Waals surface area contributed by atoms with Gasteiger partial charge in [0, 0.05) is 24.1 Å². The van der Waals surface area contributed by atoms with Crippen LogP contribution in [-0.4, -0.2) is 17.3 Å². The largest absolute Gasteiger partial charge is 0.497 e. The molecule has 0 spiro atoms. The van der Waals surface area contributed by atoms with Crippen molar-refractivity contribution in [3.63, 3.8) is 0 Å². The van der Waals surface area contributed by atoms with E-state index in [4.69, 9.17) is 19.6 Å². The number of ether oxygens (including phenoxy) is 2. The standard InChI is InChI=1S/C14H19N3O3/c1-4-13-16-17-14(20-13)8-19-12-7-10(18-3)5-6-11(12)9(2)15/h5-7,9H,4,8,15H2,1-3H3/t9-/m1/s1. The average Bonchev–Trinajstić information content (AvgIpc) is 2.92. The van der Waals surface area contributed by atoms with Crippen molar-refractivity contribution in [2.45, 2.75) is 32.9 Å². The van der Waals surface area contributed by atoms with Crippen LogP contribution in [0, 0.1) is 0 Å². The molecule has 0 amide bonds. The summed E-state index contributed by atoms with van der Waals surface area (Å²) in [5.41, 5.74) is 6.83. The molecule has 0 unspecified atom stereocenters. The van der Waals surface area contributed by atoms with Gasteiger partial charge >= 0.3 is 0 Å². The molecule has 0 aliphatic carbocycles. The second-order valence-corrected chi connectivity index (χ2v) is 4.42. The molecule has 0 saturated heterocycles. The summed E-state index contributed by atoms with van der Waals surface area (Å²) in [7, 11) is 1.61. The van der Waals surface area contributed by atoms with Gasteiger partial charge < -0.3 is 19.6 Å². The Hall–Kier alpha value is -2.08. The zero-order chi connectivity index (χ0) is 14.5. The van der Waals surface area contributed by atoms with Crippen LogP contribution in [0.4, 0.5) is 0 Å². The molecule has 0 radical (unpaired) electrons. The number of aromatic nitrogens is 2. The fourth-order valence-corrected chi connectivity index (χ4v) is 1.77. The Morgan fingerprint density at radius 1 is 1.30 bits per heavy atom. The monoisotopic (exact) mass is 277 g/mol. The topological polar surface area (TPSA) is 83.4 Å². The summed E-state index contributed by atoms with van der Waals surface area (Å²) in [4.78, 5) is 0. The number of methoxy groups -OCH3 is 1. The molecule has 1 atom stereocenters. The summed E-state index contributed by atoms with van der Waals surface area (Å²) in [5, 5.41) is 7.81. The van der Waals surface area contributed by atoms with Gasteiger partial charge in [-0.2, -0.15) is 0 Å². The summed E-state index contributed by atoms with van der Waals surface area (Å²) in [5.74, 6) is 2.42. The SMILES string of the molecule is CCc1nnc(COc2cc(OC)ccc2[C@@H](C)N)o1. The van der Waals surface area contributed by atoms with Crippen molar-refractivity contribution in [1.82, 2.24) is 10.2 Å². The van der Waals surface area contributed by atoms with E-state index in [1.807, 2.05) is 26.0 Å². The zero-order valence-corrected chi connectivity index (χ0v) is 11.9. The van der Waals surface area contributed by atoms with Crippen LogP contribution in [0.5, 0.6) is 11.5 Å². The minimum absolute atomic E-state index is 0.134. The predicted molar refractivity (Wildman–Crippen MR) is 73.6 cm³/mol. The molecule has 0 aliphatic rings. The average molecular weight is 277 g/mol. The van der Waals surface area contributed by atoms with Crippen LogP contribution in [0.15, 0.2) is 22.6 Å². The zero-order valence-electron chi connectivity index (χ0n) is 11.9. The number of hydrogen-bond donors (Lipinski definition) is 1. The van der Waals surface area contributed by atoms with E-state index < -0.39 is 0 Å². The number of aryl methyl sites for hydroxylation is 1. The second kappa shape index (κ2) is 6.38. The van der Waals surface area contributed by atoms with Gasteiger partial charge in [-0.15, -0.1) is 10.2 Å². The first-order valence-electron chi connectivity index (χ1n) is 6.51. The second-order valence-electron chi connectivity index (χ2n) is 4.42. The molecule has 6 heteroatoms. The Morgan fingerprint density at radius 3 is 2.65 bits per heavy atom. The van der Waals surface area contributed by atoms with E-state index in [1.54, 1.807) is 13.2 Å². The molecule has 6 nitrogen and oxygen atoms in total. The summed E-state index contributed by atoms with van der Waals surface area (Å²) in [6, 6.07) is 5.41. The van der Waals surface area contributed by atoms with E-state index in [9.17, 15) is 0 Å². The number of hydrogen-bond acceptors (Lipinski definition) is 6. The number of rotatable bonds is 6. The highest BCUT2D eigenvalue weighted by Gasteiger charge is 2.12. The Morgan fingerprint density at radius 2 is 2.05 bits per heavy atom. The van der Waals surface area contributed by atoms with E-state index in [-0.39, 0.29) is 12.6 Å². The highest BCUT2D eigenvalue weighted by molar-refractivity contribution is 5.42. The van der Waals surface area contributed by atoms with Gasteiger partial charge in [0.1, 0.15) is 11.5 Å². The van der Waals surface area contributed by atoms with Crippen molar-refractivity contribution in [2.24, 2.45) is 5.73 Å². The van der Waals surface area contributed by atoms with Crippen LogP contribution in [0.25, 0.3) is 0 Å². The van der Waals surface area contributed by atoms with Crippen molar-refractivity contribution in [1.29, 1.82) is 0 Å². The molecule has 0 aliphatic heterocycles. The van der Waals surface area contributed by atoms with Gasteiger partial charge in [0.15, 0.2) is 6.61 Å². The molecule has 1 heterocycles. The van der Waals surface area contributed by atoms with Gasteiger partial charge in [0.25, 0.3) is 5.89 Å². The van der Waals surface area contributed by atoms with E-state index in [1.165, 1.54) is 0 Å². The lowest BCUT2D eigenvalue weighted by Crippen LogP contribution is -2.08. The van der Waals surface area contributed by atoms with Gasteiger partial charge in [0.2, 0.25) is 5.89 Å². The van der Waals surface area contributed by atoms with Crippen molar-refractivity contribution >= 4 is 0 Å². The van der Waals surface area contributed by atoms with Crippen LogP contribution in [-0.2, 0) is 13.0 Å². The summed E-state index contributed by atoms with van der Waals surface area (Å²) in [6.07, 6.45) is 0.706. The predicted octanol–water partition coefficient (Wildman–Crippen LogP) is 2.24. The maximum absolute atomic E-state index is 5.93. The highest BCUT2D eigenvalue weighted by Crippen LogP contribution is 2.29. The maximum Gasteiger partial charge on any atom is 0.253 e. The first kappa shape index (κ1) is 14.3. The normalized spacial score (nSPS) is 12.2. The first-order valence-corrected chi connectivity index (χ1v) is 6.51. The molecule has 0 fully saturated rings. The van der Waals surface area contributed by atoms with Crippen LogP contribution >= 0.6 is 0 Å². The third kappa shape index (κ3) is 3.27. The summed E-state index contributed by atoms with van der Waals surface area (Å²) in [6.45, 7) is 4.06. The quantitative estimate of drug-likeness (QED) is 0.871. The minimum atomic E-state index is -0.134. The number of benzene rings is 1. The molecular weight excluding hydrogens is 258 g/mol. The lowest BCUT2D eigenvalue weighted by Gasteiger charge is -2.14. The molecule has 1 aromatic heterocycles. The van der Waals surface area contributed by atoms with Gasteiger partial charge in [-0.05, 0) is 13.0 Å². The lowest BCUT2D eigenvalue weighted by atomic mass is 10.1. The van der Waals surface area contributed by atoms with E-state index >= 15 is 0 Å². The fraction of sp³-hybridized carbons (Fsp3) is 0.429. The Bertz CT molecular complexity index is 567. The first-order chi connectivity index (χ1) is 9.63. The molecule has 2 rings (SSSR count). The molecule has 0 bridgehead atoms. The van der Waals surface area contributed by atoms with Gasteiger partial charge in [-0.3, -0.25) is 0 Å². The third-order valence-corrected chi connectivity index (χ3v) is 2.87. The lowest BCUT2D eigenvalue weighted by molar-refractivity contribution is 0.255. The number of nitrogens with zero attached hydrogens (tertiary/aromatic N) is 2. The molecule has 20 heavy (non-hydrogen) atoms. The molecule has 1 aromatic carbocycles. The maximum atomic E-state index is 5.93. The Balaban J connectivity index is 2.14. The van der Waals surface area contributed by atoms with Crippen molar-refractivity contribution in [3.8, 4) is 11.5 Å². The fourth-order valence-electron chi connectivity index (χ4n) is 1.77. The molecule has 108 valence electrons. The molecule has 2 N–H and O–H groups in total. The van der Waals surface area contributed by atoms with Gasteiger partial charge in [0.05, 0.1) is 7.11 Å². The summed E-state index contributed by atoms with van der Waals surface area (Å²) >= 11 is 0. The molecule has 0 saturated carbocycles. The van der Waals surface area contributed by atoms with Gasteiger partial charge in [-0.25, -0.2) is 0 Å². The summed E-state index contributed by atoms with van der Waals surface area (Å²) < 4.78 is 16.3. The van der Waals surface area contributed by atoms with Crippen LogP contribution in [0.3, 0.4) is 0 Å². The van der Waals surface area contributed by atoms with Crippen molar-refractivity contribution < 1.29 is 13.9 Å². The Kier molecular flexibility index (Phi) is 4.57. The van der Waals surface area contributed by atoms with E-state index in [0.717, 1.165) is 5.56 Å². The van der Waals surface area contributed by atoms with E-state index in [0.29, 0.717) is 29.7 Å². The smallest absolute Gasteiger partial charge is 0.253 e. The Labute approximate surface area is 117 Å². The van der Waals surface area contributed by atoms with Crippen molar-refractivity contribution in [2.75, 3.05) is 7.11 Å². The minimum Gasteiger partial charge on any atom is -0.497 e. The number of nitrogens with two attached hydrogens (primary N) is 1. The third-order valence-electron chi connectivity index (χ3n) is 2.87. The molecular formula is C14H19N3O3. The van der Waals surface area contributed by atoms with E-state index in [2.05, 4.69) is 10.2 Å². The van der Waals surface area contributed by atoms with Crippen LogP contribution in [0.1, 0.15) is 37.2 Å². The molecule has 2 aromatic rings. The van der Waals surface area contributed by atoms with Crippen molar-refractivity contribution in [3.05, 3.63) is 35.5 Å². The van der Waals surface area contributed by atoms with Crippen LogP contribution in [0.2, 0.25) is 0 Å². The van der Waals surface area contributed by atoms with Crippen LogP contribution < -0.4 is 15.2 Å². The van der Waals surface area contributed by atoms with Gasteiger partial charge in [-0.1, -0.05) is 13.0 Å². The highest BCUT2D eigenvalue weighted by atomic mass is 16.5.